The summed E-state index contributed by atoms with van der Waals surface area (Å²) in [5, 5.41) is 0. The van der Waals surface area contributed by atoms with Crippen LogP contribution in [0.5, 0.6) is 0 Å². The summed E-state index contributed by atoms with van der Waals surface area (Å²) in [5.74, 6) is -0.182. The fraction of sp³-hybridized carbons (Fsp3) is 0.400. The molecule has 13 heavy (non-hydrogen) atoms. The Labute approximate surface area is 77.9 Å². The van der Waals surface area contributed by atoms with Crippen LogP contribution in [0.2, 0.25) is 0 Å². The lowest BCUT2D eigenvalue weighted by molar-refractivity contribution is -0.869. The first-order valence-electron chi connectivity index (χ1n) is 4.50. The highest BCUT2D eigenvalue weighted by molar-refractivity contribution is 5.68. The molecule has 0 saturated carbocycles. The van der Waals surface area contributed by atoms with E-state index in [0.29, 0.717) is 6.42 Å². The van der Waals surface area contributed by atoms with Gasteiger partial charge < -0.3 is 0 Å². The van der Waals surface area contributed by atoms with Crippen LogP contribution >= 0.6 is 0 Å². The van der Waals surface area contributed by atoms with E-state index in [9.17, 15) is 4.79 Å². The average molecular weight is 180 g/mol. The van der Waals surface area contributed by atoms with Crippen molar-refractivity contribution in [3.8, 4) is 0 Å². The van der Waals surface area contributed by atoms with Crippen LogP contribution < -0.4 is 9.57 Å². The molecule has 0 aliphatic rings. The van der Waals surface area contributed by atoms with Gasteiger partial charge in [-0.2, -0.15) is 4.84 Å². The third-order valence-electron chi connectivity index (χ3n) is 1.63. The van der Waals surface area contributed by atoms with Crippen molar-refractivity contribution in [2.24, 2.45) is 0 Å². The van der Waals surface area contributed by atoms with Crippen molar-refractivity contribution in [2.75, 3.05) is 0 Å². The van der Waals surface area contributed by atoms with Gasteiger partial charge in [0.2, 0.25) is 12.4 Å². The molecular weight excluding hydrogens is 166 g/mol. The molecule has 70 valence electrons. The maximum atomic E-state index is 11.1. The highest BCUT2D eigenvalue weighted by atomic mass is 16.7. The van der Waals surface area contributed by atoms with Gasteiger partial charge in [-0.1, -0.05) is 19.4 Å². The van der Waals surface area contributed by atoms with Gasteiger partial charge in [0.05, 0.1) is 6.42 Å². The van der Waals surface area contributed by atoms with Crippen molar-refractivity contribution in [3.63, 3.8) is 0 Å². The van der Waals surface area contributed by atoms with Gasteiger partial charge in [-0.25, -0.2) is 4.79 Å². The molecule has 1 aromatic rings. The minimum Gasteiger partial charge on any atom is -0.245 e. The lowest BCUT2D eigenvalue weighted by Crippen LogP contribution is -2.44. The molecule has 0 amide bonds. The first-order chi connectivity index (χ1) is 6.33. The average Bonchev–Trinajstić information content (AvgIpc) is 2.16. The molecule has 0 radical (unpaired) electrons. The number of hydrogen-bond acceptors (Lipinski definition) is 2. The van der Waals surface area contributed by atoms with Crippen LogP contribution in [0.1, 0.15) is 26.2 Å². The van der Waals surface area contributed by atoms with E-state index in [4.69, 9.17) is 4.84 Å². The number of rotatable bonds is 4. The number of nitrogens with zero attached hydrogens (tertiary/aromatic N) is 1. The molecule has 0 aliphatic carbocycles. The fourth-order valence-electron chi connectivity index (χ4n) is 0.928. The maximum Gasteiger partial charge on any atom is 0.380 e. The molecule has 0 atom stereocenters. The molecule has 1 rings (SSSR count). The normalized spacial score (nSPS) is 9.62. The van der Waals surface area contributed by atoms with Crippen molar-refractivity contribution < 1.29 is 14.4 Å². The summed E-state index contributed by atoms with van der Waals surface area (Å²) in [5.41, 5.74) is 0. The Morgan fingerprint density at radius 3 is 2.62 bits per heavy atom. The van der Waals surface area contributed by atoms with E-state index < -0.39 is 0 Å². The van der Waals surface area contributed by atoms with Crippen LogP contribution in [0.4, 0.5) is 0 Å². The molecule has 0 aromatic carbocycles. The standard InChI is InChI=1S/C10H14NO2/c1-2-3-7-10(12)13-11-8-5-4-6-9-11/h4-6,8-9H,2-3,7H2,1H3/q+1. The minimum absolute atomic E-state index is 0.182. The topological polar surface area (TPSA) is 30.2 Å². The Balaban J connectivity index is 2.37. The predicted octanol–water partition coefficient (Wildman–Crippen LogP) is 1.12. The second-order valence-corrected chi connectivity index (χ2v) is 2.80. The monoisotopic (exact) mass is 180 g/mol. The van der Waals surface area contributed by atoms with Crippen molar-refractivity contribution in [3.05, 3.63) is 30.6 Å². The lowest BCUT2D eigenvalue weighted by atomic mass is 10.3. The molecule has 1 heterocycles. The maximum absolute atomic E-state index is 11.1. The van der Waals surface area contributed by atoms with E-state index >= 15 is 0 Å². The Kier molecular flexibility index (Phi) is 3.96. The van der Waals surface area contributed by atoms with Gasteiger partial charge in [-0.15, -0.1) is 0 Å². The third-order valence-corrected chi connectivity index (χ3v) is 1.63. The quantitative estimate of drug-likeness (QED) is 0.650. The molecule has 0 bridgehead atoms. The summed E-state index contributed by atoms with van der Waals surface area (Å²) < 4.78 is 1.41. The molecule has 3 nitrogen and oxygen atoms in total. The van der Waals surface area contributed by atoms with Crippen molar-refractivity contribution in [1.29, 1.82) is 0 Å². The highest BCUT2D eigenvalue weighted by Gasteiger charge is 2.08. The summed E-state index contributed by atoms with van der Waals surface area (Å²) in [6.45, 7) is 2.04. The summed E-state index contributed by atoms with van der Waals surface area (Å²) in [6.07, 6.45) is 5.77. The Morgan fingerprint density at radius 2 is 2.00 bits per heavy atom. The van der Waals surface area contributed by atoms with Gasteiger partial charge in [-0.05, 0) is 6.42 Å². The van der Waals surface area contributed by atoms with Crippen LogP contribution in [0.25, 0.3) is 0 Å². The minimum atomic E-state index is -0.182. The number of pyridine rings is 1. The molecular formula is C10H14NO2+. The van der Waals surface area contributed by atoms with Crippen LogP contribution in [-0.4, -0.2) is 5.97 Å². The summed E-state index contributed by atoms with van der Waals surface area (Å²) in [7, 11) is 0. The number of aromatic nitrogens is 1. The van der Waals surface area contributed by atoms with Gasteiger partial charge in [0.25, 0.3) is 0 Å². The predicted molar refractivity (Wildman–Crippen MR) is 47.7 cm³/mol. The van der Waals surface area contributed by atoms with E-state index in [1.807, 2.05) is 25.1 Å². The molecule has 0 N–H and O–H groups in total. The number of carbonyl (C=O) groups excluding carboxylic acids is 1. The molecule has 0 fully saturated rings. The SMILES string of the molecule is CCCCC(=O)O[n+]1ccccc1. The van der Waals surface area contributed by atoms with Gasteiger partial charge in [0.1, 0.15) is 0 Å². The van der Waals surface area contributed by atoms with Crippen molar-refractivity contribution in [2.45, 2.75) is 26.2 Å². The molecule has 3 heteroatoms. The summed E-state index contributed by atoms with van der Waals surface area (Å²) in [6, 6.07) is 5.50. The summed E-state index contributed by atoms with van der Waals surface area (Å²) in [4.78, 5) is 16.1. The molecule has 1 aromatic heterocycles. The molecule has 0 aliphatic heterocycles. The van der Waals surface area contributed by atoms with Crippen LogP contribution in [0, 0.1) is 0 Å². The van der Waals surface area contributed by atoms with Crippen LogP contribution in [0.15, 0.2) is 30.6 Å². The Morgan fingerprint density at radius 1 is 1.31 bits per heavy atom. The Hall–Kier alpha value is -1.38. The number of carbonyl (C=O) groups is 1. The van der Waals surface area contributed by atoms with E-state index in [2.05, 4.69) is 0 Å². The fourth-order valence-corrected chi connectivity index (χ4v) is 0.928. The van der Waals surface area contributed by atoms with E-state index in [0.717, 1.165) is 12.8 Å². The first kappa shape index (κ1) is 9.71. The molecule has 0 saturated heterocycles. The number of unbranched alkanes of at least 4 members (excludes halogenated alkanes) is 1. The largest absolute Gasteiger partial charge is 0.380 e. The molecule has 0 spiro atoms. The first-order valence-corrected chi connectivity index (χ1v) is 4.50. The Bertz CT molecular complexity index is 259. The second-order valence-electron chi connectivity index (χ2n) is 2.80. The zero-order valence-electron chi connectivity index (χ0n) is 7.77. The summed E-state index contributed by atoms with van der Waals surface area (Å²) >= 11 is 0. The van der Waals surface area contributed by atoms with Gasteiger partial charge in [-0.3, -0.25) is 0 Å². The highest BCUT2D eigenvalue weighted by Crippen LogP contribution is 1.92. The molecule has 0 unspecified atom stereocenters. The van der Waals surface area contributed by atoms with Crippen LogP contribution in [-0.2, 0) is 4.79 Å². The van der Waals surface area contributed by atoms with E-state index in [-0.39, 0.29) is 5.97 Å². The van der Waals surface area contributed by atoms with Gasteiger partial charge in [0, 0.05) is 16.9 Å². The van der Waals surface area contributed by atoms with Crippen molar-refractivity contribution in [1.82, 2.24) is 0 Å². The van der Waals surface area contributed by atoms with Gasteiger partial charge >= 0.3 is 5.97 Å². The lowest BCUT2D eigenvalue weighted by Gasteiger charge is -1.94. The number of hydrogen-bond donors (Lipinski definition) is 0. The zero-order chi connectivity index (χ0) is 9.52. The van der Waals surface area contributed by atoms with Crippen LogP contribution in [0.3, 0.4) is 0 Å². The van der Waals surface area contributed by atoms with Gasteiger partial charge in [0.15, 0.2) is 0 Å². The van der Waals surface area contributed by atoms with E-state index in [1.54, 1.807) is 12.4 Å². The smallest absolute Gasteiger partial charge is 0.245 e. The zero-order valence-corrected chi connectivity index (χ0v) is 7.77. The van der Waals surface area contributed by atoms with E-state index in [1.165, 1.54) is 4.73 Å². The second kappa shape index (κ2) is 5.30. The third kappa shape index (κ3) is 3.69. The van der Waals surface area contributed by atoms with Crippen molar-refractivity contribution >= 4 is 5.97 Å².